The molecule has 10 aromatic carbocycles. The van der Waals surface area contributed by atoms with Crippen LogP contribution in [0.3, 0.4) is 0 Å². The van der Waals surface area contributed by atoms with E-state index in [0.717, 1.165) is 50.9 Å². The van der Waals surface area contributed by atoms with Crippen molar-refractivity contribution in [2.75, 3.05) is 4.90 Å². The van der Waals surface area contributed by atoms with Crippen LogP contribution in [0.2, 0.25) is 0 Å². The second-order valence-electron chi connectivity index (χ2n) is 20.8. The minimum Gasteiger partial charge on any atom is -0.310 e. The Kier molecular flexibility index (Phi) is 9.77. The van der Waals surface area contributed by atoms with Crippen molar-refractivity contribution in [3.05, 3.63) is 294 Å². The number of hydrogen-bond donors (Lipinski definition) is 0. The van der Waals surface area contributed by atoms with Crippen LogP contribution in [-0.4, -0.2) is 14.1 Å². The molecule has 0 radical (unpaired) electrons. The largest absolute Gasteiger partial charge is 0.310 e. The van der Waals surface area contributed by atoms with E-state index < -0.39 is 5.41 Å². The number of imidazole rings is 1. The molecule has 75 heavy (non-hydrogen) atoms. The van der Waals surface area contributed by atoms with Crippen LogP contribution in [0.1, 0.15) is 39.8 Å². The molecule has 0 aliphatic heterocycles. The predicted molar refractivity (Wildman–Crippen MR) is 311 cm³/mol. The van der Waals surface area contributed by atoms with Crippen LogP contribution in [0.4, 0.5) is 17.1 Å². The molecule has 2 atom stereocenters. The number of aryl methyl sites for hydroxylation is 2. The van der Waals surface area contributed by atoms with Gasteiger partial charge < -0.3 is 9.47 Å². The third-order valence-corrected chi connectivity index (χ3v) is 16.4. The molecule has 2 aromatic heterocycles. The number of benzene rings is 10. The first-order valence-electron chi connectivity index (χ1n) is 26.3. The number of fused-ring (bicyclic) bond motifs is 8. The molecule has 15 rings (SSSR count). The standard InChI is InChI=1S/C71H52N4/c1-46-21-31-52(32-22-46)71(53-33-23-47(2)24-34-53)63-41-29-51-44-61(51)69(63)60-40-39-58(45-64(60)71)73(57-37-27-49(28-38-57)70-72-65-18-10-12-20-68(65)75(70)55-15-7-4-8-16-55)56-35-25-48(26-36-56)50-30-42-67-62(43-50)59-17-9-11-19-66(59)74(67)54-13-5-3-6-14-54/h3-43,45,51,61H,44H2,1-2H3. The maximum Gasteiger partial charge on any atom is 0.145 e. The van der Waals surface area contributed by atoms with Gasteiger partial charge in [0.05, 0.1) is 27.5 Å². The molecule has 4 nitrogen and oxygen atoms in total. The summed E-state index contributed by atoms with van der Waals surface area (Å²) in [5.74, 6) is 2.06. The lowest BCUT2D eigenvalue weighted by molar-refractivity contribution is 0.754. The summed E-state index contributed by atoms with van der Waals surface area (Å²) in [6.07, 6.45) is 6.19. The summed E-state index contributed by atoms with van der Waals surface area (Å²) in [5, 5.41) is 2.49. The van der Waals surface area contributed by atoms with Crippen LogP contribution >= 0.6 is 0 Å². The van der Waals surface area contributed by atoms with Gasteiger partial charge in [0.15, 0.2) is 0 Å². The summed E-state index contributed by atoms with van der Waals surface area (Å²) in [4.78, 5) is 7.70. The lowest BCUT2D eigenvalue weighted by Gasteiger charge is -2.36. The van der Waals surface area contributed by atoms with E-state index >= 15 is 0 Å². The number of nitrogens with zero attached hydrogens (tertiary/aromatic N) is 4. The van der Waals surface area contributed by atoms with Crippen LogP contribution in [0.15, 0.2) is 260 Å². The molecular weight excluding hydrogens is 909 g/mol. The first-order valence-corrected chi connectivity index (χ1v) is 26.3. The number of para-hydroxylation sites is 5. The number of anilines is 3. The third kappa shape index (κ3) is 6.79. The van der Waals surface area contributed by atoms with Crippen molar-refractivity contribution in [3.63, 3.8) is 0 Å². The van der Waals surface area contributed by atoms with Gasteiger partial charge in [-0.15, -0.1) is 0 Å². The lowest BCUT2D eigenvalue weighted by atomic mass is 9.66. The van der Waals surface area contributed by atoms with Gasteiger partial charge in [-0.1, -0.05) is 163 Å². The molecule has 0 N–H and O–H groups in total. The van der Waals surface area contributed by atoms with Crippen LogP contribution in [0, 0.1) is 25.7 Å². The fraction of sp³-hybridized carbons (Fsp3) is 0.0845. The number of hydrogen-bond acceptors (Lipinski definition) is 2. The minimum atomic E-state index is -0.496. The zero-order valence-corrected chi connectivity index (χ0v) is 41.9. The van der Waals surface area contributed by atoms with Crippen molar-refractivity contribution in [2.24, 2.45) is 11.8 Å². The van der Waals surface area contributed by atoms with E-state index in [1.54, 1.807) is 0 Å². The van der Waals surface area contributed by atoms with Crippen molar-refractivity contribution >= 4 is 55.5 Å². The van der Waals surface area contributed by atoms with Crippen molar-refractivity contribution in [1.82, 2.24) is 14.1 Å². The van der Waals surface area contributed by atoms with E-state index in [1.165, 1.54) is 83.9 Å². The van der Waals surface area contributed by atoms with Crippen molar-refractivity contribution in [3.8, 4) is 33.9 Å². The molecule has 0 bridgehead atoms. The van der Waals surface area contributed by atoms with Gasteiger partial charge in [0.2, 0.25) is 0 Å². The Morgan fingerprint density at radius 1 is 0.467 bits per heavy atom. The highest BCUT2D eigenvalue weighted by Gasteiger charge is 2.54. The van der Waals surface area contributed by atoms with Gasteiger partial charge in [-0.2, -0.15) is 0 Å². The van der Waals surface area contributed by atoms with E-state index in [4.69, 9.17) is 4.98 Å². The van der Waals surface area contributed by atoms with Crippen LogP contribution in [-0.2, 0) is 5.41 Å². The van der Waals surface area contributed by atoms with Gasteiger partial charge in [-0.05, 0) is 180 Å². The van der Waals surface area contributed by atoms with Crippen molar-refractivity contribution in [1.29, 1.82) is 0 Å². The molecule has 356 valence electrons. The van der Waals surface area contributed by atoms with Gasteiger partial charge in [-0.25, -0.2) is 4.98 Å². The highest BCUT2D eigenvalue weighted by molar-refractivity contribution is 6.10. The van der Waals surface area contributed by atoms with E-state index in [-0.39, 0.29) is 0 Å². The van der Waals surface area contributed by atoms with Crippen LogP contribution < -0.4 is 4.90 Å². The lowest BCUT2D eigenvalue weighted by Crippen LogP contribution is -2.30. The Hall–Kier alpha value is -9.25. The van der Waals surface area contributed by atoms with Gasteiger partial charge in [0, 0.05) is 44.8 Å². The third-order valence-electron chi connectivity index (χ3n) is 16.4. The SMILES string of the molecule is Cc1ccc(C2(c3ccc(C)cc3)C3=C(c4ccc(N(c5ccc(-c6ccc7c(c6)c6ccccc6n7-c6ccccc6)cc5)c5ccc(-c6nc7ccccc7n6-c6ccccc6)cc5)cc42)C2CC2C=C3)cc1. The van der Waals surface area contributed by atoms with Gasteiger partial charge in [0.1, 0.15) is 5.82 Å². The summed E-state index contributed by atoms with van der Waals surface area (Å²) >= 11 is 0. The topological polar surface area (TPSA) is 26.0 Å². The Morgan fingerprint density at radius 2 is 1.03 bits per heavy atom. The number of rotatable bonds is 9. The summed E-state index contributed by atoms with van der Waals surface area (Å²) in [6.45, 7) is 4.38. The molecule has 2 heterocycles. The normalized spacial score (nSPS) is 16.1. The number of aromatic nitrogens is 3. The second-order valence-corrected chi connectivity index (χ2v) is 20.8. The van der Waals surface area contributed by atoms with Crippen molar-refractivity contribution < 1.29 is 0 Å². The Morgan fingerprint density at radius 3 is 1.71 bits per heavy atom. The molecule has 0 saturated heterocycles. The molecule has 2 unspecified atom stereocenters. The molecule has 1 saturated carbocycles. The molecule has 0 amide bonds. The minimum absolute atomic E-state index is 0.496. The van der Waals surface area contributed by atoms with Crippen LogP contribution in [0.25, 0.3) is 72.3 Å². The highest BCUT2D eigenvalue weighted by atomic mass is 15.1. The Balaban J connectivity index is 0.901. The summed E-state index contributed by atoms with van der Waals surface area (Å²) in [7, 11) is 0. The molecule has 0 spiro atoms. The maximum absolute atomic E-state index is 5.25. The smallest absolute Gasteiger partial charge is 0.145 e. The fourth-order valence-corrected chi connectivity index (χ4v) is 12.8. The predicted octanol–water partition coefficient (Wildman–Crippen LogP) is 17.9. The summed E-state index contributed by atoms with van der Waals surface area (Å²) < 4.78 is 4.66. The Labute approximate surface area is 437 Å². The Bertz CT molecular complexity index is 4210. The van der Waals surface area contributed by atoms with Crippen molar-refractivity contribution in [2.45, 2.75) is 25.7 Å². The second kappa shape index (κ2) is 16.9. The first-order chi connectivity index (χ1) is 37.0. The molecular formula is C71H52N4. The fourth-order valence-electron chi connectivity index (χ4n) is 12.8. The monoisotopic (exact) mass is 960 g/mol. The van der Waals surface area contributed by atoms with E-state index in [0.29, 0.717) is 11.8 Å². The quantitative estimate of drug-likeness (QED) is 0.144. The average molecular weight is 961 g/mol. The highest BCUT2D eigenvalue weighted by Crippen LogP contribution is 2.65. The molecule has 3 aliphatic carbocycles. The molecule has 3 aliphatic rings. The zero-order chi connectivity index (χ0) is 49.8. The van der Waals surface area contributed by atoms with Gasteiger partial charge in [0.25, 0.3) is 0 Å². The zero-order valence-electron chi connectivity index (χ0n) is 41.9. The average Bonchev–Trinajstić information content (AvgIpc) is 3.93. The van der Waals surface area contributed by atoms with E-state index in [9.17, 15) is 0 Å². The molecule has 4 heteroatoms. The van der Waals surface area contributed by atoms with Gasteiger partial charge >= 0.3 is 0 Å². The maximum atomic E-state index is 5.25. The molecule has 12 aromatic rings. The van der Waals surface area contributed by atoms with Crippen LogP contribution in [0.5, 0.6) is 0 Å². The summed E-state index contributed by atoms with van der Waals surface area (Å²) in [5.41, 5.74) is 23.7. The van der Waals surface area contributed by atoms with Gasteiger partial charge in [-0.3, -0.25) is 4.57 Å². The molecule has 1 fully saturated rings. The van der Waals surface area contributed by atoms with E-state index in [2.05, 4.69) is 283 Å². The van der Waals surface area contributed by atoms with E-state index in [1.807, 2.05) is 0 Å². The summed E-state index contributed by atoms with van der Waals surface area (Å²) in [6, 6.07) is 89.6. The number of allylic oxidation sites excluding steroid dienone is 4. The first kappa shape index (κ1) is 43.3.